The van der Waals surface area contributed by atoms with Gasteiger partial charge in [-0.25, -0.2) is 19.9 Å². The quantitative estimate of drug-likeness (QED) is 0.179. The Kier molecular flexibility index (Phi) is 7.00. The molecule has 202 valence electrons. The highest BCUT2D eigenvalue weighted by Crippen LogP contribution is 2.40. The fourth-order valence-corrected chi connectivity index (χ4v) is 5.36. The number of hydrogen-bond acceptors (Lipinski definition) is 6. The van der Waals surface area contributed by atoms with Crippen molar-refractivity contribution in [3.63, 3.8) is 0 Å². The van der Waals surface area contributed by atoms with Gasteiger partial charge in [0.2, 0.25) is 0 Å². The van der Waals surface area contributed by atoms with Gasteiger partial charge in [-0.1, -0.05) is 54.6 Å². The number of nitrogens with zero attached hydrogens (tertiary/aromatic N) is 7. The van der Waals surface area contributed by atoms with E-state index in [0.29, 0.717) is 26.1 Å². The van der Waals surface area contributed by atoms with Crippen molar-refractivity contribution in [2.75, 3.05) is 22.9 Å². The van der Waals surface area contributed by atoms with Crippen LogP contribution in [0, 0.1) is 0 Å². The molecular weight excluding hydrogens is 506 g/mol. The number of rotatable bonds is 10. The Bertz CT molecular complexity index is 1770. The van der Waals surface area contributed by atoms with Crippen LogP contribution in [0.5, 0.6) is 0 Å². The second-order valence-corrected chi connectivity index (χ2v) is 9.68. The summed E-state index contributed by atoms with van der Waals surface area (Å²) in [4.78, 5) is 24.2. The van der Waals surface area contributed by atoms with Crippen LogP contribution in [0.2, 0.25) is 0 Å². The van der Waals surface area contributed by atoms with Crippen LogP contribution in [-0.2, 0) is 13.0 Å². The molecule has 0 saturated carbocycles. The van der Waals surface area contributed by atoms with Crippen LogP contribution in [0.3, 0.4) is 0 Å². The third kappa shape index (κ3) is 4.51. The Balaban J connectivity index is 1.50. The molecule has 0 unspecified atom stereocenters. The molecule has 3 aromatic heterocycles. The summed E-state index contributed by atoms with van der Waals surface area (Å²) >= 11 is 0. The van der Waals surface area contributed by atoms with Gasteiger partial charge >= 0.3 is 0 Å². The van der Waals surface area contributed by atoms with Crippen LogP contribution in [0.1, 0.15) is 11.3 Å². The van der Waals surface area contributed by atoms with Gasteiger partial charge in [-0.3, -0.25) is 0 Å². The predicted molar refractivity (Wildman–Crippen MR) is 171 cm³/mol. The van der Waals surface area contributed by atoms with E-state index in [1.807, 2.05) is 72.8 Å². The van der Waals surface area contributed by atoms with Crippen molar-refractivity contribution in [2.45, 2.75) is 13.0 Å². The molecule has 7 nitrogen and oxygen atoms in total. The van der Waals surface area contributed by atoms with E-state index in [4.69, 9.17) is 19.9 Å². The summed E-state index contributed by atoms with van der Waals surface area (Å²) in [6.45, 7) is 17.8. The number of allylic oxidation sites excluding steroid dienone is 4. The minimum atomic E-state index is 0.589. The maximum Gasteiger partial charge on any atom is 0.178 e. The molecule has 0 spiro atoms. The van der Waals surface area contributed by atoms with Gasteiger partial charge in [-0.2, -0.15) is 0 Å². The molecule has 2 aromatic carbocycles. The van der Waals surface area contributed by atoms with Crippen molar-refractivity contribution in [1.82, 2.24) is 24.5 Å². The zero-order chi connectivity index (χ0) is 28.3. The zero-order valence-electron chi connectivity index (χ0n) is 22.9. The maximum absolute atomic E-state index is 5.00. The normalized spacial score (nSPS) is 12.9. The van der Waals surface area contributed by atoms with Crippen molar-refractivity contribution in [2.24, 2.45) is 0 Å². The van der Waals surface area contributed by atoms with E-state index in [-0.39, 0.29) is 0 Å². The minimum Gasteiger partial charge on any atom is -0.320 e. The topological polar surface area (TPSA) is 63.0 Å². The average Bonchev–Trinajstić information content (AvgIpc) is 3.42. The van der Waals surface area contributed by atoms with E-state index in [1.54, 1.807) is 0 Å². The first-order chi connectivity index (χ1) is 20.2. The molecule has 0 aliphatic carbocycles. The van der Waals surface area contributed by atoms with E-state index >= 15 is 0 Å². The third-order valence-electron chi connectivity index (χ3n) is 7.08. The Labute approximate surface area is 239 Å². The summed E-state index contributed by atoms with van der Waals surface area (Å²) in [6.07, 6.45) is 14.5. The number of para-hydroxylation sites is 4. The van der Waals surface area contributed by atoms with Gasteiger partial charge < -0.3 is 14.4 Å². The summed E-state index contributed by atoms with van der Waals surface area (Å²) in [5.41, 5.74) is 7.26. The Morgan fingerprint density at radius 2 is 1.17 bits per heavy atom. The van der Waals surface area contributed by atoms with Crippen LogP contribution in [-0.4, -0.2) is 37.6 Å². The molecule has 1 aliphatic heterocycles. The van der Waals surface area contributed by atoms with E-state index in [2.05, 4.69) is 58.9 Å². The lowest BCUT2D eigenvalue weighted by atomic mass is 10.1. The predicted octanol–water partition coefficient (Wildman–Crippen LogP) is 7.00. The first-order valence-corrected chi connectivity index (χ1v) is 13.6. The fraction of sp³-hybridized carbons (Fsp3) is 0.118. The van der Waals surface area contributed by atoms with Gasteiger partial charge in [0.1, 0.15) is 11.3 Å². The largest absolute Gasteiger partial charge is 0.320 e. The number of fused-ring (bicyclic) bond motifs is 4. The summed E-state index contributed by atoms with van der Waals surface area (Å²) in [5, 5.41) is 0. The lowest BCUT2D eigenvalue weighted by molar-refractivity contribution is 0.838. The number of aromatic nitrogens is 5. The van der Waals surface area contributed by atoms with Crippen molar-refractivity contribution in [3.05, 3.63) is 128 Å². The monoisotopic (exact) mass is 537 g/mol. The second kappa shape index (κ2) is 11.1. The molecular formula is C34H31N7. The van der Waals surface area contributed by atoms with Gasteiger partial charge in [-0.05, 0) is 42.8 Å². The average molecular weight is 538 g/mol. The summed E-state index contributed by atoms with van der Waals surface area (Å²) in [6, 6.07) is 15.9. The SMILES string of the molecule is C=CCc1c(C=CC=C2N(CC=C)c3nc4ccccc4nc3N2CC=C)n(CC=C)c2nc3ccccc3nc12. The zero-order valence-corrected chi connectivity index (χ0v) is 22.9. The molecule has 6 rings (SSSR count). The summed E-state index contributed by atoms with van der Waals surface area (Å²) in [5.74, 6) is 2.56. The van der Waals surface area contributed by atoms with E-state index in [9.17, 15) is 0 Å². The fourth-order valence-electron chi connectivity index (χ4n) is 5.36. The molecule has 7 heteroatoms. The lowest BCUT2D eigenvalue weighted by Gasteiger charge is -2.22. The molecule has 5 aromatic rings. The third-order valence-corrected chi connectivity index (χ3v) is 7.08. The highest BCUT2D eigenvalue weighted by Gasteiger charge is 2.33. The molecule has 0 fully saturated rings. The maximum atomic E-state index is 5.00. The van der Waals surface area contributed by atoms with Crippen molar-refractivity contribution < 1.29 is 0 Å². The molecule has 0 atom stereocenters. The molecule has 4 heterocycles. The number of hydrogen-bond donors (Lipinski definition) is 0. The van der Waals surface area contributed by atoms with Crippen LogP contribution >= 0.6 is 0 Å². The van der Waals surface area contributed by atoms with Crippen LogP contribution in [0.25, 0.3) is 39.3 Å². The van der Waals surface area contributed by atoms with Gasteiger partial charge in [0, 0.05) is 30.9 Å². The molecule has 0 amide bonds. The Hall–Kier alpha value is -5.30. The number of benzene rings is 2. The first-order valence-electron chi connectivity index (χ1n) is 13.6. The second-order valence-electron chi connectivity index (χ2n) is 9.68. The van der Waals surface area contributed by atoms with E-state index < -0.39 is 0 Å². The summed E-state index contributed by atoms with van der Waals surface area (Å²) in [7, 11) is 0. The molecule has 0 bridgehead atoms. The molecule has 1 aliphatic rings. The molecule has 0 saturated heterocycles. The van der Waals surface area contributed by atoms with Gasteiger partial charge in [-0.15, -0.1) is 26.3 Å². The smallest absolute Gasteiger partial charge is 0.178 e. The molecule has 0 radical (unpaired) electrons. The Morgan fingerprint density at radius 3 is 1.71 bits per heavy atom. The van der Waals surface area contributed by atoms with Crippen molar-refractivity contribution in [1.29, 1.82) is 0 Å². The first kappa shape index (κ1) is 26.0. The van der Waals surface area contributed by atoms with Crippen LogP contribution in [0.15, 0.2) is 117 Å². The minimum absolute atomic E-state index is 0.589. The van der Waals surface area contributed by atoms with Crippen molar-refractivity contribution in [3.8, 4) is 0 Å². The Morgan fingerprint density at radius 1 is 0.634 bits per heavy atom. The van der Waals surface area contributed by atoms with E-state index in [1.165, 1.54) is 0 Å². The van der Waals surface area contributed by atoms with Gasteiger partial charge in [0.05, 0.1) is 22.1 Å². The highest BCUT2D eigenvalue weighted by molar-refractivity contribution is 5.90. The van der Waals surface area contributed by atoms with Gasteiger partial charge in [0.15, 0.2) is 17.3 Å². The van der Waals surface area contributed by atoms with Crippen LogP contribution in [0.4, 0.5) is 11.6 Å². The molecule has 41 heavy (non-hydrogen) atoms. The van der Waals surface area contributed by atoms with Crippen molar-refractivity contribution >= 4 is 50.9 Å². The lowest BCUT2D eigenvalue weighted by Crippen LogP contribution is -2.28. The van der Waals surface area contributed by atoms with Gasteiger partial charge in [0.25, 0.3) is 0 Å². The summed E-state index contributed by atoms with van der Waals surface area (Å²) < 4.78 is 2.16. The standard InChI is InChI=1S/C34H31N7/c1-5-14-24-29(39(21-6-2)32-31(24)35-25-15-9-10-16-26(25)36-32)19-13-20-30-40(22-7-3)33-34(41(30)23-8-4)38-28-18-12-11-17-27(28)37-33/h5-13,15-20H,1-4,14,21-23H2. The van der Waals surface area contributed by atoms with E-state index in [0.717, 1.165) is 61.9 Å². The van der Waals surface area contributed by atoms with Crippen LogP contribution < -0.4 is 9.80 Å². The number of anilines is 2. The molecule has 0 N–H and O–H groups in total. The highest BCUT2D eigenvalue weighted by atomic mass is 15.4.